The molecule has 0 radical (unpaired) electrons. The van der Waals surface area contributed by atoms with Gasteiger partial charge in [0.1, 0.15) is 0 Å². The van der Waals surface area contributed by atoms with Crippen LogP contribution in [0.4, 0.5) is 0 Å². The van der Waals surface area contributed by atoms with Crippen LogP contribution in [-0.2, 0) is 9.59 Å². The van der Waals surface area contributed by atoms with E-state index in [0.717, 1.165) is 6.42 Å². The third-order valence-electron chi connectivity index (χ3n) is 3.40. The first-order valence-electron chi connectivity index (χ1n) is 6.13. The van der Waals surface area contributed by atoms with Gasteiger partial charge in [-0.2, -0.15) is 0 Å². The number of nitrogens with zero attached hydrogens (tertiary/aromatic N) is 1. The Morgan fingerprint density at radius 1 is 1.29 bits per heavy atom. The van der Waals surface area contributed by atoms with Gasteiger partial charge in [0.25, 0.3) is 0 Å². The lowest BCUT2D eigenvalue weighted by Crippen LogP contribution is -2.44. The summed E-state index contributed by atoms with van der Waals surface area (Å²) in [5.74, 6) is -1.98. The van der Waals surface area contributed by atoms with Crippen molar-refractivity contribution < 1.29 is 19.8 Å². The molecule has 0 aromatic rings. The van der Waals surface area contributed by atoms with Crippen molar-refractivity contribution in [3.8, 4) is 0 Å². The zero-order chi connectivity index (χ0) is 13.0. The van der Waals surface area contributed by atoms with Crippen LogP contribution in [0.3, 0.4) is 0 Å². The molecule has 0 unspecified atom stereocenters. The minimum Gasteiger partial charge on any atom is -0.481 e. The maximum Gasteiger partial charge on any atom is 0.307 e. The fourth-order valence-electron chi connectivity index (χ4n) is 2.49. The third-order valence-corrected chi connectivity index (χ3v) is 3.40. The van der Waals surface area contributed by atoms with Gasteiger partial charge in [0.05, 0.1) is 18.4 Å². The van der Waals surface area contributed by atoms with Crippen molar-refractivity contribution >= 4 is 11.9 Å². The van der Waals surface area contributed by atoms with Crippen molar-refractivity contribution in [2.24, 2.45) is 11.8 Å². The number of rotatable bonds is 5. The first-order chi connectivity index (χ1) is 7.99. The third kappa shape index (κ3) is 3.19. The zero-order valence-corrected chi connectivity index (χ0v) is 10.4. The predicted molar refractivity (Wildman–Crippen MR) is 62.4 cm³/mol. The Hall–Kier alpha value is -1.10. The Balaban J connectivity index is 2.75. The van der Waals surface area contributed by atoms with Crippen LogP contribution < -0.4 is 0 Å². The van der Waals surface area contributed by atoms with E-state index in [4.69, 9.17) is 10.2 Å². The Morgan fingerprint density at radius 2 is 1.88 bits per heavy atom. The summed E-state index contributed by atoms with van der Waals surface area (Å²) in [5.41, 5.74) is 0. The second-order valence-electron chi connectivity index (χ2n) is 4.83. The first kappa shape index (κ1) is 14.0. The summed E-state index contributed by atoms with van der Waals surface area (Å²) < 4.78 is 0. The Labute approximate surface area is 101 Å². The van der Waals surface area contributed by atoms with E-state index in [1.165, 1.54) is 0 Å². The molecule has 1 amide bonds. The number of hydrogen-bond donors (Lipinski definition) is 2. The molecule has 1 aliphatic rings. The molecule has 5 nitrogen and oxygen atoms in total. The van der Waals surface area contributed by atoms with Gasteiger partial charge in [-0.1, -0.05) is 6.42 Å². The van der Waals surface area contributed by atoms with Gasteiger partial charge in [0.2, 0.25) is 5.91 Å². The molecule has 2 N–H and O–H groups in total. The maximum absolute atomic E-state index is 12.2. The lowest BCUT2D eigenvalue weighted by Gasteiger charge is -2.30. The predicted octanol–water partition coefficient (Wildman–Crippen LogP) is 0.717. The second-order valence-corrected chi connectivity index (χ2v) is 4.83. The monoisotopic (exact) mass is 243 g/mol. The minimum atomic E-state index is -0.881. The molecule has 1 aliphatic carbocycles. The molecule has 0 heterocycles. The Kier molecular flexibility index (Phi) is 4.93. The molecule has 0 spiro atoms. The van der Waals surface area contributed by atoms with E-state index in [9.17, 15) is 9.59 Å². The van der Waals surface area contributed by atoms with E-state index in [-0.39, 0.29) is 25.1 Å². The zero-order valence-electron chi connectivity index (χ0n) is 10.4. The van der Waals surface area contributed by atoms with Gasteiger partial charge in [-0.15, -0.1) is 0 Å². The van der Waals surface area contributed by atoms with Crippen LogP contribution in [0.1, 0.15) is 33.1 Å². The number of carboxylic acids is 1. The van der Waals surface area contributed by atoms with E-state index >= 15 is 0 Å². The normalized spacial score (nSPS) is 24.0. The van der Waals surface area contributed by atoms with Crippen LogP contribution in [0.5, 0.6) is 0 Å². The molecule has 1 rings (SSSR count). The van der Waals surface area contributed by atoms with E-state index < -0.39 is 17.8 Å². The lowest BCUT2D eigenvalue weighted by atomic mass is 9.94. The number of hydrogen-bond acceptors (Lipinski definition) is 3. The molecule has 17 heavy (non-hydrogen) atoms. The summed E-state index contributed by atoms with van der Waals surface area (Å²) in [5, 5.41) is 18.0. The lowest BCUT2D eigenvalue weighted by molar-refractivity contribution is -0.150. The fraction of sp³-hybridized carbons (Fsp3) is 0.833. The molecule has 0 saturated heterocycles. The SMILES string of the molecule is CC(C)N(CCO)C(=O)[C@@H]1CCC[C@@H]1C(=O)O. The van der Waals surface area contributed by atoms with Gasteiger partial charge in [0, 0.05) is 12.6 Å². The highest BCUT2D eigenvalue weighted by Crippen LogP contribution is 2.33. The number of carbonyl (C=O) groups is 2. The summed E-state index contributed by atoms with van der Waals surface area (Å²) >= 11 is 0. The number of carbonyl (C=O) groups excluding carboxylic acids is 1. The van der Waals surface area contributed by atoms with Crippen molar-refractivity contribution in [1.29, 1.82) is 0 Å². The molecule has 0 aliphatic heterocycles. The highest BCUT2D eigenvalue weighted by Gasteiger charge is 2.40. The summed E-state index contributed by atoms with van der Waals surface area (Å²) in [6.45, 7) is 3.93. The van der Waals surface area contributed by atoms with Crippen molar-refractivity contribution in [2.45, 2.75) is 39.2 Å². The molecule has 98 valence electrons. The largest absolute Gasteiger partial charge is 0.481 e. The standard InChI is InChI=1S/C12H21NO4/c1-8(2)13(6-7-14)11(15)9-4-3-5-10(9)12(16)17/h8-10,14H,3-7H2,1-2H3,(H,16,17)/t9-,10+/m1/s1. The van der Waals surface area contributed by atoms with Crippen LogP contribution >= 0.6 is 0 Å². The van der Waals surface area contributed by atoms with Crippen LogP contribution in [0.25, 0.3) is 0 Å². The number of aliphatic hydroxyl groups excluding tert-OH is 1. The average molecular weight is 243 g/mol. The molecule has 1 fully saturated rings. The Morgan fingerprint density at radius 3 is 2.35 bits per heavy atom. The molecule has 0 aromatic heterocycles. The first-order valence-corrected chi connectivity index (χ1v) is 6.13. The van der Waals surface area contributed by atoms with Gasteiger partial charge in [0.15, 0.2) is 0 Å². The molecule has 2 atom stereocenters. The van der Waals surface area contributed by atoms with Crippen molar-refractivity contribution in [1.82, 2.24) is 4.90 Å². The van der Waals surface area contributed by atoms with Gasteiger partial charge in [-0.3, -0.25) is 9.59 Å². The molecule has 5 heteroatoms. The molecule has 1 saturated carbocycles. The summed E-state index contributed by atoms with van der Waals surface area (Å²) in [7, 11) is 0. The van der Waals surface area contributed by atoms with Crippen LogP contribution in [0.15, 0.2) is 0 Å². The van der Waals surface area contributed by atoms with Gasteiger partial charge in [-0.05, 0) is 26.7 Å². The quantitative estimate of drug-likeness (QED) is 0.745. The minimum absolute atomic E-state index is 0.00954. The number of amides is 1. The highest BCUT2D eigenvalue weighted by molar-refractivity contribution is 5.85. The topological polar surface area (TPSA) is 77.8 Å². The number of aliphatic carboxylic acids is 1. The molecule has 0 bridgehead atoms. The summed E-state index contributed by atoms with van der Waals surface area (Å²) in [6.07, 6.45) is 2.01. The fourth-order valence-corrected chi connectivity index (χ4v) is 2.49. The Bertz CT molecular complexity index is 290. The average Bonchev–Trinajstić information content (AvgIpc) is 2.73. The molecule has 0 aromatic carbocycles. The van der Waals surface area contributed by atoms with Crippen LogP contribution in [0.2, 0.25) is 0 Å². The van der Waals surface area contributed by atoms with Gasteiger partial charge in [-0.25, -0.2) is 0 Å². The number of carboxylic acid groups (broad SMARTS) is 1. The molecular weight excluding hydrogens is 222 g/mol. The number of aliphatic hydroxyl groups is 1. The van der Waals surface area contributed by atoms with E-state index in [0.29, 0.717) is 12.8 Å². The highest BCUT2D eigenvalue weighted by atomic mass is 16.4. The van der Waals surface area contributed by atoms with Gasteiger partial charge < -0.3 is 15.1 Å². The second kappa shape index (κ2) is 6.00. The molecular formula is C12H21NO4. The van der Waals surface area contributed by atoms with Crippen molar-refractivity contribution in [3.63, 3.8) is 0 Å². The van der Waals surface area contributed by atoms with E-state index in [1.54, 1.807) is 4.90 Å². The maximum atomic E-state index is 12.2. The van der Waals surface area contributed by atoms with E-state index in [2.05, 4.69) is 0 Å². The van der Waals surface area contributed by atoms with Gasteiger partial charge >= 0.3 is 5.97 Å². The van der Waals surface area contributed by atoms with Crippen molar-refractivity contribution in [2.75, 3.05) is 13.2 Å². The summed E-state index contributed by atoms with van der Waals surface area (Å²) in [6, 6.07) is -0.00954. The van der Waals surface area contributed by atoms with E-state index in [1.807, 2.05) is 13.8 Å². The van der Waals surface area contributed by atoms with Crippen LogP contribution in [0, 0.1) is 11.8 Å². The van der Waals surface area contributed by atoms with Crippen molar-refractivity contribution in [3.05, 3.63) is 0 Å². The smallest absolute Gasteiger partial charge is 0.307 e. The summed E-state index contributed by atoms with van der Waals surface area (Å²) in [4.78, 5) is 24.9. The van der Waals surface area contributed by atoms with Crippen LogP contribution in [-0.4, -0.2) is 46.2 Å².